The van der Waals surface area contributed by atoms with E-state index >= 15 is 0 Å². The third-order valence-electron chi connectivity index (χ3n) is 1.70. The van der Waals surface area contributed by atoms with Gasteiger partial charge >= 0.3 is 5.97 Å². The number of anilines is 1. The van der Waals surface area contributed by atoms with Crippen molar-refractivity contribution in [2.45, 2.75) is 6.42 Å². The lowest BCUT2D eigenvalue weighted by Crippen LogP contribution is -2.07. The van der Waals surface area contributed by atoms with E-state index in [1.165, 1.54) is 7.11 Å². The molecule has 5 heteroatoms. The molecule has 0 aliphatic heterocycles. The van der Waals surface area contributed by atoms with Gasteiger partial charge in [0.05, 0.1) is 20.1 Å². The third-order valence-corrected chi connectivity index (χ3v) is 2.15. The van der Waals surface area contributed by atoms with Gasteiger partial charge in [0, 0.05) is 16.2 Å². The number of rotatable bonds is 4. The molecule has 0 radical (unpaired) electrons. The standard InChI is InChI=1S/C10H12BrNO3/c1-14-10(13)2-3-15-9-5-7(11)4-8(12)6-9/h4-6H,2-3,12H2,1H3. The van der Waals surface area contributed by atoms with Gasteiger partial charge in [-0.1, -0.05) is 15.9 Å². The Hall–Kier alpha value is -1.23. The minimum atomic E-state index is -0.294. The van der Waals surface area contributed by atoms with Gasteiger partial charge < -0.3 is 15.2 Å². The van der Waals surface area contributed by atoms with E-state index in [0.29, 0.717) is 11.4 Å². The van der Waals surface area contributed by atoms with Gasteiger partial charge in [-0.3, -0.25) is 4.79 Å². The molecule has 0 unspecified atom stereocenters. The maximum Gasteiger partial charge on any atom is 0.308 e. The summed E-state index contributed by atoms with van der Waals surface area (Å²) in [7, 11) is 1.35. The first-order valence-corrected chi connectivity index (χ1v) is 5.17. The molecule has 4 nitrogen and oxygen atoms in total. The zero-order chi connectivity index (χ0) is 11.3. The number of ether oxygens (including phenoxy) is 2. The van der Waals surface area contributed by atoms with Crippen LogP contribution < -0.4 is 10.5 Å². The summed E-state index contributed by atoms with van der Waals surface area (Å²) in [4.78, 5) is 10.8. The van der Waals surface area contributed by atoms with E-state index in [9.17, 15) is 4.79 Å². The Labute approximate surface area is 96.5 Å². The van der Waals surface area contributed by atoms with Gasteiger partial charge in [-0.25, -0.2) is 0 Å². The molecule has 1 aromatic carbocycles. The van der Waals surface area contributed by atoms with Crippen molar-refractivity contribution < 1.29 is 14.3 Å². The van der Waals surface area contributed by atoms with E-state index in [-0.39, 0.29) is 19.0 Å². The maximum absolute atomic E-state index is 10.8. The fourth-order valence-corrected chi connectivity index (χ4v) is 1.51. The van der Waals surface area contributed by atoms with E-state index in [0.717, 1.165) is 4.47 Å². The van der Waals surface area contributed by atoms with Crippen LogP contribution in [-0.4, -0.2) is 19.7 Å². The molecule has 0 atom stereocenters. The summed E-state index contributed by atoms with van der Waals surface area (Å²) in [5, 5.41) is 0. The lowest BCUT2D eigenvalue weighted by atomic mass is 10.3. The number of nitrogens with two attached hydrogens (primary N) is 1. The molecule has 0 amide bonds. The highest BCUT2D eigenvalue weighted by atomic mass is 79.9. The second-order valence-corrected chi connectivity index (χ2v) is 3.81. The summed E-state index contributed by atoms with van der Waals surface area (Å²) >= 11 is 3.30. The molecule has 15 heavy (non-hydrogen) atoms. The van der Waals surface area contributed by atoms with Gasteiger partial charge in [-0.15, -0.1) is 0 Å². The molecule has 1 rings (SSSR count). The predicted molar refractivity (Wildman–Crippen MR) is 60.7 cm³/mol. The van der Waals surface area contributed by atoms with Gasteiger partial charge in [-0.2, -0.15) is 0 Å². The Kier molecular flexibility index (Phi) is 4.42. The van der Waals surface area contributed by atoms with E-state index in [1.54, 1.807) is 18.2 Å². The fraction of sp³-hybridized carbons (Fsp3) is 0.300. The average Bonchev–Trinajstić information content (AvgIpc) is 2.16. The number of hydrogen-bond donors (Lipinski definition) is 1. The average molecular weight is 274 g/mol. The van der Waals surface area contributed by atoms with Crippen LogP contribution in [0.5, 0.6) is 5.75 Å². The SMILES string of the molecule is COC(=O)CCOc1cc(N)cc(Br)c1. The number of carbonyl (C=O) groups excluding carboxylic acids is 1. The molecule has 0 aromatic heterocycles. The van der Waals surface area contributed by atoms with Crippen molar-refractivity contribution in [1.29, 1.82) is 0 Å². The Morgan fingerprint density at radius 3 is 2.80 bits per heavy atom. The van der Waals surface area contributed by atoms with E-state index in [1.807, 2.05) is 0 Å². The third kappa shape index (κ3) is 4.20. The van der Waals surface area contributed by atoms with Crippen molar-refractivity contribution in [1.82, 2.24) is 0 Å². The quantitative estimate of drug-likeness (QED) is 0.673. The van der Waals surface area contributed by atoms with Crippen molar-refractivity contribution >= 4 is 27.6 Å². The van der Waals surface area contributed by atoms with Crippen LogP contribution in [0.25, 0.3) is 0 Å². The monoisotopic (exact) mass is 273 g/mol. The highest BCUT2D eigenvalue weighted by Gasteiger charge is 2.02. The minimum absolute atomic E-state index is 0.225. The number of carbonyl (C=O) groups is 1. The minimum Gasteiger partial charge on any atom is -0.493 e. The van der Waals surface area contributed by atoms with Crippen LogP contribution in [0.4, 0.5) is 5.69 Å². The van der Waals surface area contributed by atoms with Crippen LogP contribution >= 0.6 is 15.9 Å². The highest BCUT2D eigenvalue weighted by Crippen LogP contribution is 2.22. The molecule has 0 heterocycles. The molecule has 0 aliphatic carbocycles. The number of nitrogen functional groups attached to an aromatic ring is 1. The molecule has 82 valence electrons. The van der Waals surface area contributed by atoms with Crippen LogP contribution in [0.3, 0.4) is 0 Å². The molecule has 0 bridgehead atoms. The van der Waals surface area contributed by atoms with Crippen LogP contribution in [0, 0.1) is 0 Å². The number of esters is 1. The van der Waals surface area contributed by atoms with Crippen molar-refractivity contribution in [3.05, 3.63) is 22.7 Å². The molecule has 0 aliphatic rings. The second-order valence-electron chi connectivity index (χ2n) is 2.89. The maximum atomic E-state index is 10.8. The predicted octanol–water partition coefficient (Wildman–Crippen LogP) is 1.97. The van der Waals surface area contributed by atoms with Gasteiger partial charge in [0.15, 0.2) is 0 Å². The first-order chi connectivity index (χ1) is 7.11. The van der Waals surface area contributed by atoms with Crippen molar-refractivity contribution in [2.24, 2.45) is 0 Å². The molecular weight excluding hydrogens is 262 g/mol. The normalized spacial score (nSPS) is 9.73. The topological polar surface area (TPSA) is 61.5 Å². The first-order valence-electron chi connectivity index (χ1n) is 4.37. The number of hydrogen-bond acceptors (Lipinski definition) is 4. The van der Waals surface area contributed by atoms with Gasteiger partial charge in [0.1, 0.15) is 5.75 Å². The van der Waals surface area contributed by atoms with Crippen LogP contribution in [-0.2, 0) is 9.53 Å². The zero-order valence-corrected chi connectivity index (χ0v) is 9.91. The van der Waals surface area contributed by atoms with Crippen molar-refractivity contribution in [2.75, 3.05) is 19.5 Å². The first kappa shape index (κ1) is 11.8. The van der Waals surface area contributed by atoms with E-state index in [2.05, 4.69) is 20.7 Å². The van der Waals surface area contributed by atoms with Gasteiger partial charge in [-0.05, 0) is 12.1 Å². The molecule has 0 saturated heterocycles. The number of methoxy groups -OCH3 is 1. The molecular formula is C10H12BrNO3. The van der Waals surface area contributed by atoms with Crippen LogP contribution in [0.2, 0.25) is 0 Å². The molecule has 1 aromatic rings. The highest BCUT2D eigenvalue weighted by molar-refractivity contribution is 9.10. The summed E-state index contributed by atoms with van der Waals surface area (Å²) < 4.78 is 10.7. The molecule has 2 N–H and O–H groups in total. The number of halogens is 1. The van der Waals surface area contributed by atoms with Crippen LogP contribution in [0.15, 0.2) is 22.7 Å². The summed E-state index contributed by atoms with van der Waals surface area (Å²) in [6, 6.07) is 5.25. The second kappa shape index (κ2) is 5.60. The summed E-state index contributed by atoms with van der Waals surface area (Å²) in [5.74, 6) is 0.337. The largest absolute Gasteiger partial charge is 0.493 e. The lowest BCUT2D eigenvalue weighted by molar-refractivity contribution is -0.141. The summed E-state index contributed by atoms with van der Waals surface area (Å²) in [6.07, 6.45) is 0.225. The zero-order valence-electron chi connectivity index (χ0n) is 8.33. The molecule has 0 saturated carbocycles. The summed E-state index contributed by atoms with van der Waals surface area (Å²) in [5.41, 5.74) is 6.22. The van der Waals surface area contributed by atoms with E-state index in [4.69, 9.17) is 10.5 Å². The van der Waals surface area contributed by atoms with Gasteiger partial charge in [0.25, 0.3) is 0 Å². The van der Waals surface area contributed by atoms with E-state index < -0.39 is 0 Å². The van der Waals surface area contributed by atoms with Crippen molar-refractivity contribution in [3.8, 4) is 5.75 Å². The fourth-order valence-electron chi connectivity index (χ4n) is 1.02. The molecule has 0 fully saturated rings. The Morgan fingerprint density at radius 1 is 1.47 bits per heavy atom. The molecule has 0 spiro atoms. The summed E-state index contributed by atoms with van der Waals surface area (Å²) in [6.45, 7) is 0.280. The lowest BCUT2D eigenvalue weighted by Gasteiger charge is -2.06. The smallest absolute Gasteiger partial charge is 0.308 e. The Bertz CT molecular complexity index is 334. The Morgan fingerprint density at radius 2 is 2.20 bits per heavy atom. The van der Waals surface area contributed by atoms with Crippen molar-refractivity contribution in [3.63, 3.8) is 0 Å². The van der Waals surface area contributed by atoms with Gasteiger partial charge in [0.2, 0.25) is 0 Å². The van der Waals surface area contributed by atoms with Crippen LogP contribution in [0.1, 0.15) is 6.42 Å². The Balaban J connectivity index is 2.47. The number of benzene rings is 1.